The average Bonchev–Trinajstić information content (AvgIpc) is 2.98. The van der Waals surface area contributed by atoms with Crippen LogP contribution in [-0.4, -0.2) is 32.9 Å². The second-order valence-corrected chi connectivity index (χ2v) is 7.02. The van der Waals surface area contributed by atoms with E-state index in [-0.39, 0.29) is 11.6 Å². The number of rotatable bonds is 2. The maximum atomic E-state index is 12.4. The number of hydrogen-bond donors (Lipinski definition) is 1. The molecular weight excluding hydrogens is 308 g/mol. The Hall–Kier alpha value is -2.07. The van der Waals surface area contributed by atoms with Crippen molar-refractivity contribution < 1.29 is 5.11 Å². The van der Waals surface area contributed by atoms with Crippen molar-refractivity contribution in [3.05, 3.63) is 26.4 Å². The number of aliphatic hydroxyl groups excluding tert-OH is 1. The van der Waals surface area contributed by atoms with E-state index >= 15 is 0 Å². The fourth-order valence-corrected chi connectivity index (χ4v) is 4.32. The van der Waals surface area contributed by atoms with Gasteiger partial charge in [-0.25, -0.2) is 4.79 Å². The zero-order valence-corrected chi connectivity index (χ0v) is 14.2. The Morgan fingerprint density at radius 2 is 1.79 bits per heavy atom. The predicted molar refractivity (Wildman–Crippen MR) is 90.0 cm³/mol. The third-order valence-corrected chi connectivity index (χ3v) is 5.53. The molecule has 2 atom stereocenters. The summed E-state index contributed by atoms with van der Waals surface area (Å²) in [5, 5.41) is 19.7. The van der Waals surface area contributed by atoms with Gasteiger partial charge in [0.15, 0.2) is 5.56 Å². The van der Waals surface area contributed by atoms with Gasteiger partial charge >= 0.3 is 5.69 Å². The van der Waals surface area contributed by atoms with E-state index < -0.39 is 17.4 Å². The van der Waals surface area contributed by atoms with Crippen LogP contribution in [0.2, 0.25) is 0 Å². The van der Waals surface area contributed by atoms with Crippen LogP contribution in [0.3, 0.4) is 0 Å². The highest BCUT2D eigenvalue weighted by Gasteiger charge is 2.39. The third kappa shape index (κ3) is 2.65. The Bertz CT molecular complexity index is 783. The van der Waals surface area contributed by atoms with Crippen molar-refractivity contribution in [2.45, 2.75) is 50.7 Å². The Morgan fingerprint density at radius 3 is 2.42 bits per heavy atom. The van der Waals surface area contributed by atoms with Gasteiger partial charge in [0.2, 0.25) is 0 Å². The van der Waals surface area contributed by atoms with Gasteiger partial charge in [0.05, 0.1) is 6.10 Å². The summed E-state index contributed by atoms with van der Waals surface area (Å²) in [5.74, 6) is 0.791. The van der Waals surface area contributed by atoms with Gasteiger partial charge in [-0.3, -0.25) is 13.9 Å². The lowest BCUT2D eigenvalue weighted by molar-refractivity contribution is 0.185. The molecule has 7 heteroatoms. The van der Waals surface area contributed by atoms with E-state index in [2.05, 4.69) is 0 Å². The highest BCUT2D eigenvalue weighted by molar-refractivity contribution is 5.55. The fraction of sp³-hybridized carbons (Fsp3) is 0.706. The normalized spacial score (nSPS) is 25.0. The van der Waals surface area contributed by atoms with Gasteiger partial charge in [-0.15, -0.1) is 0 Å². The van der Waals surface area contributed by atoms with Crippen molar-refractivity contribution in [3.63, 3.8) is 0 Å². The Kier molecular flexibility index (Phi) is 4.50. The standard InChI is InChI=1S/C17H24N4O3/c1-19-15(13(9-18)16(23)20(2)17(19)24)21-10-12(22)8-14(21)11-6-4-3-5-7-11/h11-12,14,22H,3-8,10H2,1-2H3/t12-,14-/m1/s1. The summed E-state index contributed by atoms with van der Waals surface area (Å²) in [6.07, 6.45) is 5.89. The average molecular weight is 332 g/mol. The molecule has 1 aromatic rings. The van der Waals surface area contributed by atoms with E-state index in [1.165, 1.54) is 30.9 Å². The molecule has 1 saturated heterocycles. The highest BCUT2D eigenvalue weighted by Crippen LogP contribution is 2.37. The topological polar surface area (TPSA) is 91.3 Å². The van der Waals surface area contributed by atoms with Crippen LogP contribution in [0.4, 0.5) is 5.82 Å². The lowest BCUT2D eigenvalue weighted by Gasteiger charge is -2.36. The van der Waals surface area contributed by atoms with Crippen LogP contribution in [0.25, 0.3) is 0 Å². The molecule has 130 valence electrons. The van der Waals surface area contributed by atoms with Crippen LogP contribution in [0.5, 0.6) is 0 Å². The van der Waals surface area contributed by atoms with Crippen LogP contribution >= 0.6 is 0 Å². The summed E-state index contributed by atoms with van der Waals surface area (Å²) >= 11 is 0. The molecule has 1 saturated carbocycles. The zero-order chi connectivity index (χ0) is 17.4. The maximum Gasteiger partial charge on any atom is 0.332 e. The highest BCUT2D eigenvalue weighted by atomic mass is 16.3. The van der Waals surface area contributed by atoms with Gasteiger partial charge in [-0.05, 0) is 25.2 Å². The Labute approximate surface area is 140 Å². The largest absolute Gasteiger partial charge is 0.391 e. The maximum absolute atomic E-state index is 12.4. The number of β-amino-alcohol motifs (C(OH)–C–C–N with tert-alkyl or cyclic N) is 1. The molecule has 0 radical (unpaired) electrons. The van der Waals surface area contributed by atoms with E-state index in [9.17, 15) is 20.0 Å². The minimum absolute atomic E-state index is 0.0190. The van der Waals surface area contributed by atoms with Crippen LogP contribution in [-0.2, 0) is 14.1 Å². The molecule has 2 fully saturated rings. The van der Waals surface area contributed by atoms with Crippen molar-refractivity contribution in [1.29, 1.82) is 5.26 Å². The molecule has 0 unspecified atom stereocenters. The SMILES string of the molecule is Cn1c(N2C[C@H](O)C[C@@H]2C2CCCCC2)c(C#N)c(=O)n(C)c1=O. The molecule has 1 N–H and O–H groups in total. The van der Waals surface area contributed by atoms with Gasteiger partial charge in [-0.1, -0.05) is 19.3 Å². The van der Waals surface area contributed by atoms with Crippen molar-refractivity contribution >= 4 is 5.82 Å². The Morgan fingerprint density at radius 1 is 1.12 bits per heavy atom. The van der Waals surface area contributed by atoms with E-state index in [1.54, 1.807) is 7.05 Å². The summed E-state index contributed by atoms with van der Waals surface area (Å²) in [7, 11) is 2.97. The first-order valence-corrected chi connectivity index (χ1v) is 8.60. The lowest BCUT2D eigenvalue weighted by Crippen LogP contribution is -2.45. The second-order valence-electron chi connectivity index (χ2n) is 7.02. The quantitative estimate of drug-likeness (QED) is 0.850. The molecule has 0 bridgehead atoms. The molecule has 2 heterocycles. The molecule has 1 aliphatic carbocycles. The zero-order valence-electron chi connectivity index (χ0n) is 14.2. The molecule has 1 aromatic heterocycles. The van der Waals surface area contributed by atoms with E-state index in [4.69, 9.17) is 0 Å². The van der Waals surface area contributed by atoms with Crippen LogP contribution in [0.1, 0.15) is 44.1 Å². The van der Waals surface area contributed by atoms with Gasteiger partial charge in [0.1, 0.15) is 11.9 Å². The molecule has 2 aliphatic rings. The first kappa shape index (κ1) is 16.8. The van der Waals surface area contributed by atoms with Crippen molar-refractivity contribution in [1.82, 2.24) is 9.13 Å². The molecule has 24 heavy (non-hydrogen) atoms. The lowest BCUT2D eigenvalue weighted by atomic mass is 9.82. The summed E-state index contributed by atoms with van der Waals surface area (Å²) in [5.41, 5.74) is -1.04. The van der Waals surface area contributed by atoms with Crippen molar-refractivity contribution in [2.75, 3.05) is 11.4 Å². The molecule has 1 aliphatic heterocycles. The monoisotopic (exact) mass is 332 g/mol. The van der Waals surface area contributed by atoms with Crippen LogP contribution < -0.4 is 16.1 Å². The van der Waals surface area contributed by atoms with Gasteiger partial charge in [0.25, 0.3) is 5.56 Å². The number of nitriles is 1. The smallest absolute Gasteiger partial charge is 0.332 e. The van der Waals surface area contributed by atoms with Crippen molar-refractivity contribution in [2.24, 2.45) is 20.0 Å². The van der Waals surface area contributed by atoms with Gasteiger partial charge in [0, 0.05) is 26.7 Å². The summed E-state index contributed by atoms with van der Waals surface area (Å²) in [6.45, 7) is 0.357. The molecule has 0 spiro atoms. The molecule has 0 aromatic carbocycles. The summed E-state index contributed by atoms with van der Waals surface area (Å²) in [4.78, 5) is 26.6. The number of hydrogen-bond acceptors (Lipinski definition) is 5. The van der Waals surface area contributed by atoms with Crippen molar-refractivity contribution in [3.8, 4) is 6.07 Å². The molecule has 0 amide bonds. The molecular formula is C17H24N4O3. The fourth-order valence-electron chi connectivity index (χ4n) is 4.32. The first-order valence-electron chi connectivity index (χ1n) is 8.60. The number of aromatic nitrogens is 2. The van der Waals surface area contributed by atoms with E-state index in [1.807, 2.05) is 11.0 Å². The number of anilines is 1. The number of nitrogens with zero attached hydrogens (tertiary/aromatic N) is 4. The predicted octanol–water partition coefficient (Wildman–Crippen LogP) is 0.476. The second kappa shape index (κ2) is 6.44. The summed E-state index contributed by atoms with van der Waals surface area (Å²) < 4.78 is 2.33. The van der Waals surface area contributed by atoms with Gasteiger partial charge in [-0.2, -0.15) is 5.26 Å². The van der Waals surface area contributed by atoms with E-state index in [0.29, 0.717) is 24.7 Å². The van der Waals surface area contributed by atoms with Gasteiger partial charge < -0.3 is 10.0 Å². The van der Waals surface area contributed by atoms with Crippen LogP contribution in [0, 0.1) is 17.2 Å². The molecule has 7 nitrogen and oxygen atoms in total. The number of aliphatic hydroxyl groups is 1. The molecule has 3 rings (SSSR count). The minimum atomic E-state index is -0.570. The Balaban J connectivity index is 2.11. The first-order chi connectivity index (χ1) is 11.5. The van der Waals surface area contributed by atoms with E-state index in [0.717, 1.165) is 17.4 Å². The van der Waals surface area contributed by atoms with Crippen LogP contribution in [0.15, 0.2) is 9.59 Å². The third-order valence-electron chi connectivity index (χ3n) is 5.53. The minimum Gasteiger partial charge on any atom is -0.391 e. The summed E-state index contributed by atoms with van der Waals surface area (Å²) in [6, 6.07) is 2.05.